The van der Waals surface area contributed by atoms with Gasteiger partial charge in [-0.2, -0.15) is 0 Å². The lowest BCUT2D eigenvalue weighted by Crippen LogP contribution is -2.38. The maximum atomic E-state index is 13.1. The topological polar surface area (TPSA) is 61.3 Å². The van der Waals surface area contributed by atoms with Crippen LogP contribution in [-0.4, -0.2) is 38.6 Å². The van der Waals surface area contributed by atoms with Gasteiger partial charge < -0.3 is 15.0 Å². The number of phenols is 1. The Balaban J connectivity index is 1.51. The van der Waals surface area contributed by atoms with E-state index in [9.17, 15) is 9.90 Å². The number of piperidine rings is 1. The Morgan fingerprint density at radius 2 is 1.70 bits per heavy atom. The van der Waals surface area contributed by atoms with Gasteiger partial charge in [0.05, 0.1) is 0 Å². The molecule has 0 bridgehead atoms. The maximum Gasteiger partial charge on any atom is 0.272 e. The van der Waals surface area contributed by atoms with Crippen molar-refractivity contribution < 1.29 is 9.90 Å². The summed E-state index contributed by atoms with van der Waals surface area (Å²) in [6, 6.07) is 17.1. The van der Waals surface area contributed by atoms with E-state index >= 15 is 0 Å². The van der Waals surface area contributed by atoms with Crippen LogP contribution < -0.4 is 0 Å². The molecule has 0 radical (unpaired) electrons. The smallest absolute Gasteiger partial charge is 0.272 e. The number of phenolic OH excluding ortho intramolecular Hbond substituents is 1. The minimum absolute atomic E-state index is 0.00430. The van der Waals surface area contributed by atoms with Crippen molar-refractivity contribution in [2.75, 3.05) is 13.1 Å². The average molecular weight is 379 g/mol. The number of aromatic amines is 1. The number of benzene rings is 2. The Hall–Kier alpha value is -2.86. The number of H-pyrrole nitrogens is 1. The van der Waals surface area contributed by atoms with Crippen LogP contribution in [-0.2, 0) is 0 Å². The van der Waals surface area contributed by atoms with Crippen LogP contribution in [0.3, 0.4) is 0 Å². The van der Waals surface area contributed by atoms with Gasteiger partial charge in [-0.15, -0.1) is 0 Å². The Labute approximate surface area is 162 Å². The first-order valence-electron chi connectivity index (χ1n) is 9.07. The fourth-order valence-corrected chi connectivity index (χ4v) is 3.95. The van der Waals surface area contributed by atoms with Crippen LogP contribution in [0.5, 0.6) is 5.75 Å². The Kier molecular flexibility index (Phi) is 4.81. The molecule has 2 aromatic carbocycles. The van der Waals surface area contributed by atoms with Gasteiger partial charge in [-0.1, -0.05) is 30.3 Å². The second-order valence-electron chi connectivity index (χ2n) is 6.81. The molecular formula is C21H21N3O2S. The molecule has 1 aliphatic rings. The van der Waals surface area contributed by atoms with E-state index in [1.807, 2.05) is 47.4 Å². The van der Waals surface area contributed by atoms with Gasteiger partial charge in [0.25, 0.3) is 5.91 Å². The van der Waals surface area contributed by atoms with Crippen molar-refractivity contribution in [2.24, 2.45) is 0 Å². The number of hydrogen-bond acceptors (Lipinski definition) is 3. The molecule has 1 saturated heterocycles. The number of aromatic hydroxyl groups is 1. The number of nitrogens with zero attached hydrogens (tertiary/aromatic N) is 2. The third kappa shape index (κ3) is 3.53. The summed E-state index contributed by atoms with van der Waals surface area (Å²) >= 11 is 5.38. The number of carbonyl (C=O) groups is 1. The van der Waals surface area contributed by atoms with Crippen LogP contribution >= 0.6 is 12.2 Å². The zero-order valence-electron chi connectivity index (χ0n) is 14.8. The number of aromatic nitrogens is 2. The molecule has 1 aromatic heterocycles. The average Bonchev–Trinajstić information content (AvgIpc) is 3.10. The molecule has 6 heteroatoms. The Morgan fingerprint density at radius 3 is 2.37 bits per heavy atom. The van der Waals surface area contributed by atoms with E-state index in [0.29, 0.717) is 29.5 Å². The van der Waals surface area contributed by atoms with Gasteiger partial charge >= 0.3 is 0 Å². The number of rotatable bonds is 3. The molecule has 0 atom stereocenters. The number of hydrogen-bond donors (Lipinski definition) is 2. The number of nitrogens with one attached hydrogen (secondary N) is 1. The normalized spacial score (nSPS) is 15.0. The molecule has 0 aliphatic carbocycles. The maximum absolute atomic E-state index is 13.1. The van der Waals surface area contributed by atoms with Gasteiger partial charge in [-0.3, -0.25) is 9.36 Å². The van der Waals surface area contributed by atoms with Gasteiger partial charge in [0.1, 0.15) is 11.4 Å². The summed E-state index contributed by atoms with van der Waals surface area (Å²) in [6.45, 7) is 1.41. The van der Waals surface area contributed by atoms with Gasteiger partial charge in [-0.05, 0) is 60.8 Å². The molecule has 0 unspecified atom stereocenters. The van der Waals surface area contributed by atoms with Crippen molar-refractivity contribution in [3.8, 4) is 11.4 Å². The fourth-order valence-electron chi connectivity index (χ4n) is 3.68. The van der Waals surface area contributed by atoms with Gasteiger partial charge in [0.2, 0.25) is 0 Å². The molecule has 0 saturated carbocycles. The quantitative estimate of drug-likeness (QED) is 0.669. The van der Waals surface area contributed by atoms with Crippen LogP contribution in [0.2, 0.25) is 0 Å². The predicted octanol–water partition coefficient (Wildman–Crippen LogP) is 4.26. The fraction of sp³-hybridized carbons (Fsp3) is 0.238. The summed E-state index contributed by atoms with van der Waals surface area (Å²) in [5, 5.41) is 9.45. The number of imidazole rings is 1. The van der Waals surface area contributed by atoms with Crippen LogP contribution in [0.25, 0.3) is 5.69 Å². The highest BCUT2D eigenvalue weighted by Crippen LogP contribution is 2.29. The van der Waals surface area contributed by atoms with Crippen molar-refractivity contribution in [1.82, 2.24) is 14.5 Å². The lowest BCUT2D eigenvalue weighted by Gasteiger charge is -2.32. The molecule has 1 fully saturated rings. The first-order valence-corrected chi connectivity index (χ1v) is 9.48. The second-order valence-corrected chi connectivity index (χ2v) is 7.19. The van der Waals surface area contributed by atoms with E-state index in [2.05, 4.69) is 4.98 Å². The van der Waals surface area contributed by atoms with Crippen molar-refractivity contribution in [2.45, 2.75) is 18.8 Å². The van der Waals surface area contributed by atoms with E-state index in [-0.39, 0.29) is 11.7 Å². The lowest BCUT2D eigenvalue weighted by molar-refractivity contribution is 0.0704. The van der Waals surface area contributed by atoms with E-state index < -0.39 is 0 Å². The highest BCUT2D eigenvalue weighted by Gasteiger charge is 2.26. The van der Waals surface area contributed by atoms with Crippen LogP contribution in [0.4, 0.5) is 0 Å². The van der Waals surface area contributed by atoms with Crippen molar-refractivity contribution in [3.63, 3.8) is 0 Å². The third-order valence-electron chi connectivity index (χ3n) is 5.16. The zero-order valence-corrected chi connectivity index (χ0v) is 15.7. The highest BCUT2D eigenvalue weighted by atomic mass is 32.1. The van der Waals surface area contributed by atoms with Gasteiger partial charge in [0.15, 0.2) is 4.77 Å². The zero-order chi connectivity index (χ0) is 18.8. The Morgan fingerprint density at radius 1 is 1.04 bits per heavy atom. The molecule has 2 N–H and O–H groups in total. The predicted molar refractivity (Wildman–Crippen MR) is 107 cm³/mol. The summed E-state index contributed by atoms with van der Waals surface area (Å²) in [7, 11) is 0. The summed E-state index contributed by atoms with van der Waals surface area (Å²) in [6.07, 6.45) is 3.52. The Bertz CT molecular complexity index is 984. The summed E-state index contributed by atoms with van der Waals surface area (Å²) in [4.78, 5) is 18.0. The molecule has 1 aliphatic heterocycles. The molecule has 27 heavy (non-hydrogen) atoms. The van der Waals surface area contributed by atoms with Gasteiger partial charge in [-0.25, -0.2) is 0 Å². The summed E-state index contributed by atoms with van der Waals surface area (Å²) < 4.78 is 2.31. The number of likely N-dealkylation sites (tertiary alicyclic amines) is 1. The number of carbonyl (C=O) groups excluding carboxylic acids is 1. The highest BCUT2D eigenvalue weighted by molar-refractivity contribution is 7.71. The summed E-state index contributed by atoms with van der Waals surface area (Å²) in [5.74, 6) is 0.691. The molecule has 3 aromatic rings. The van der Waals surface area contributed by atoms with E-state index in [0.717, 1.165) is 18.5 Å². The molecule has 2 heterocycles. The summed E-state index contributed by atoms with van der Waals surface area (Å²) in [5.41, 5.74) is 2.66. The monoisotopic (exact) mass is 379 g/mol. The first-order chi connectivity index (χ1) is 13.1. The molecular weight excluding hydrogens is 358 g/mol. The minimum atomic E-state index is -0.00430. The molecule has 0 spiro atoms. The van der Waals surface area contributed by atoms with Crippen molar-refractivity contribution in [3.05, 3.63) is 76.8 Å². The molecule has 1 amide bonds. The minimum Gasteiger partial charge on any atom is -0.508 e. The standard InChI is InChI=1S/C21H21N3O2S/c25-18-8-6-15(7-9-18)16-10-12-23(13-11-16)20(26)19-14-22-21(27)24(19)17-4-2-1-3-5-17/h1-9,14,16,25H,10-13H2,(H,22,27). The van der Waals surface area contributed by atoms with Crippen molar-refractivity contribution >= 4 is 18.1 Å². The van der Waals surface area contributed by atoms with E-state index in [1.165, 1.54) is 5.56 Å². The molecule has 4 rings (SSSR count). The van der Waals surface area contributed by atoms with Crippen LogP contribution in [0.15, 0.2) is 60.8 Å². The third-order valence-corrected chi connectivity index (χ3v) is 5.46. The first kappa shape index (κ1) is 17.5. The number of amides is 1. The molecule has 138 valence electrons. The lowest BCUT2D eigenvalue weighted by atomic mass is 9.89. The number of para-hydroxylation sites is 1. The van der Waals surface area contributed by atoms with E-state index in [4.69, 9.17) is 12.2 Å². The van der Waals surface area contributed by atoms with Crippen LogP contribution in [0, 0.1) is 4.77 Å². The van der Waals surface area contributed by atoms with Crippen molar-refractivity contribution in [1.29, 1.82) is 0 Å². The largest absolute Gasteiger partial charge is 0.508 e. The van der Waals surface area contributed by atoms with Gasteiger partial charge in [0, 0.05) is 25.0 Å². The van der Waals surface area contributed by atoms with E-state index in [1.54, 1.807) is 22.9 Å². The van der Waals surface area contributed by atoms with Crippen LogP contribution in [0.1, 0.15) is 34.8 Å². The second kappa shape index (κ2) is 7.40. The SMILES string of the molecule is O=C(c1c[nH]c(=S)n1-c1ccccc1)N1CCC(c2ccc(O)cc2)CC1. The molecule has 5 nitrogen and oxygen atoms in total.